The van der Waals surface area contributed by atoms with Gasteiger partial charge in [-0.15, -0.1) is 11.3 Å². The third kappa shape index (κ3) is 6.51. The number of carbonyl (C=O) groups is 3. The Morgan fingerprint density at radius 1 is 0.974 bits per heavy atom. The van der Waals surface area contributed by atoms with Gasteiger partial charge in [-0.25, -0.2) is 9.59 Å². The van der Waals surface area contributed by atoms with Crippen LogP contribution in [0.3, 0.4) is 0 Å². The van der Waals surface area contributed by atoms with E-state index in [4.69, 9.17) is 0 Å². The lowest BCUT2D eigenvalue weighted by atomic mass is 10.1. The van der Waals surface area contributed by atoms with Crippen molar-refractivity contribution in [3.63, 3.8) is 0 Å². The van der Waals surface area contributed by atoms with Gasteiger partial charge in [0.2, 0.25) is 0 Å². The molecule has 39 heavy (non-hydrogen) atoms. The quantitative estimate of drug-likeness (QED) is 0.368. The first-order valence-electron chi connectivity index (χ1n) is 13.0. The van der Waals surface area contributed by atoms with Crippen molar-refractivity contribution in [1.82, 2.24) is 25.3 Å². The number of carbonyl (C=O) groups excluding carboxylic acids is 3. The third-order valence-electron chi connectivity index (χ3n) is 7.06. The van der Waals surface area contributed by atoms with E-state index in [1.165, 1.54) is 20.2 Å². The highest BCUT2D eigenvalue weighted by molar-refractivity contribution is 9.10. The molecule has 2 aliphatic heterocycles. The first kappa shape index (κ1) is 27.4. The molecule has 5 rings (SSSR count). The zero-order chi connectivity index (χ0) is 27.6. The molecule has 0 saturated carbocycles. The predicted molar refractivity (Wildman–Crippen MR) is 156 cm³/mol. The van der Waals surface area contributed by atoms with Crippen LogP contribution in [0.25, 0.3) is 10.4 Å². The molecule has 3 aromatic rings. The highest BCUT2D eigenvalue weighted by Crippen LogP contribution is 2.30. The molecule has 204 valence electrons. The second kappa shape index (κ2) is 11.5. The lowest BCUT2D eigenvalue weighted by Crippen LogP contribution is -2.51. The molecule has 2 saturated heterocycles. The van der Waals surface area contributed by atoms with Gasteiger partial charge in [0.05, 0.1) is 6.54 Å². The minimum atomic E-state index is -0.875. The maximum atomic E-state index is 12.8. The van der Waals surface area contributed by atoms with Gasteiger partial charge >= 0.3 is 12.1 Å². The number of piperazine rings is 1. The van der Waals surface area contributed by atoms with Crippen molar-refractivity contribution in [2.45, 2.75) is 39.0 Å². The van der Waals surface area contributed by atoms with Crippen molar-refractivity contribution in [2.75, 3.05) is 26.2 Å². The molecule has 0 bridgehead atoms. The van der Waals surface area contributed by atoms with Gasteiger partial charge in [0.25, 0.3) is 5.91 Å². The normalized spacial score (nSPS) is 17.4. The molecule has 2 aromatic carbocycles. The van der Waals surface area contributed by atoms with E-state index >= 15 is 0 Å². The van der Waals surface area contributed by atoms with E-state index in [0.717, 1.165) is 35.2 Å². The third-order valence-corrected chi connectivity index (χ3v) is 8.67. The SMILES string of the molecule is CC1(C)NC(=O)N(Cc2ccc(CNC(=O)N3CCN(Cc4ccc(-c5cccc(Br)c5)s4)CC3)cc2)C1=O. The van der Waals surface area contributed by atoms with Crippen LogP contribution in [0.1, 0.15) is 29.9 Å². The summed E-state index contributed by atoms with van der Waals surface area (Å²) in [6, 6.07) is 19.9. The fourth-order valence-corrected chi connectivity index (χ4v) is 6.23. The number of rotatable bonds is 7. The van der Waals surface area contributed by atoms with Crippen molar-refractivity contribution in [3.8, 4) is 10.4 Å². The maximum absolute atomic E-state index is 12.8. The average Bonchev–Trinajstić information content (AvgIpc) is 3.46. The first-order valence-corrected chi connectivity index (χ1v) is 14.6. The van der Waals surface area contributed by atoms with Crippen molar-refractivity contribution >= 4 is 45.2 Å². The molecular formula is C29H32BrN5O3S. The molecule has 0 spiro atoms. The number of thiophene rings is 1. The molecular weight excluding hydrogens is 578 g/mol. The number of hydrogen-bond acceptors (Lipinski definition) is 5. The Labute approximate surface area is 241 Å². The van der Waals surface area contributed by atoms with E-state index in [0.29, 0.717) is 19.6 Å². The Morgan fingerprint density at radius 3 is 2.36 bits per heavy atom. The molecule has 0 unspecified atom stereocenters. The standard InChI is InChI=1S/C29H32BrN5O3S/c1-29(2)26(36)35(28(38)32-29)18-21-8-6-20(7-9-21)17-31-27(37)34-14-12-33(13-15-34)19-24-10-11-25(39-24)22-4-3-5-23(30)16-22/h3-11,16H,12-15,17-19H2,1-2H3,(H,31,37)(H,32,38). The molecule has 2 N–H and O–H groups in total. The molecule has 3 heterocycles. The van der Waals surface area contributed by atoms with E-state index in [1.807, 2.05) is 46.6 Å². The molecule has 0 radical (unpaired) electrons. The van der Waals surface area contributed by atoms with Crippen LogP contribution in [0, 0.1) is 0 Å². The average molecular weight is 611 g/mol. The van der Waals surface area contributed by atoms with Gasteiger partial charge in [0.1, 0.15) is 5.54 Å². The number of imide groups is 1. The second-order valence-electron chi connectivity index (χ2n) is 10.5. The maximum Gasteiger partial charge on any atom is 0.325 e. The first-order chi connectivity index (χ1) is 18.7. The summed E-state index contributed by atoms with van der Waals surface area (Å²) >= 11 is 5.36. The molecule has 10 heteroatoms. The highest BCUT2D eigenvalue weighted by atomic mass is 79.9. The summed E-state index contributed by atoms with van der Waals surface area (Å²) in [5, 5.41) is 5.71. The molecule has 2 fully saturated rings. The van der Waals surface area contributed by atoms with E-state index < -0.39 is 5.54 Å². The fourth-order valence-electron chi connectivity index (χ4n) is 4.79. The van der Waals surface area contributed by atoms with E-state index in [-0.39, 0.29) is 24.5 Å². The predicted octanol–water partition coefficient (Wildman–Crippen LogP) is 5.04. The molecule has 8 nitrogen and oxygen atoms in total. The van der Waals surface area contributed by atoms with Gasteiger partial charge in [-0.05, 0) is 54.8 Å². The number of halogens is 1. The van der Waals surface area contributed by atoms with Crippen molar-refractivity contribution in [1.29, 1.82) is 0 Å². The molecule has 2 aliphatic rings. The van der Waals surface area contributed by atoms with Crippen LogP contribution < -0.4 is 10.6 Å². The van der Waals surface area contributed by atoms with Gasteiger partial charge in [-0.2, -0.15) is 0 Å². The summed E-state index contributed by atoms with van der Waals surface area (Å²) in [6.45, 7) is 7.99. The molecule has 5 amide bonds. The highest BCUT2D eigenvalue weighted by Gasteiger charge is 2.44. The summed E-state index contributed by atoms with van der Waals surface area (Å²) in [6.07, 6.45) is 0. The lowest BCUT2D eigenvalue weighted by molar-refractivity contribution is -0.130. The summed E-state index contributed by atoms with van der Waals surface area (Å²) in [7, 11) is 0. The Bertz CT molecular complexity index is 1370. The van der Waals surface area contributed by atoms with E-state index in [1.54, 1.807) is 13.8 Å². The number of amides is 5. The van der Waals surface area contributed by atoms with E-state index in [9.17, 15) is 14.4 Å². The Kier molecular flexibility index (Phi) is 8.06. The summed E-state index contributed by atoms with van der Waals surface area (Å²) in [5.74, 6) is -0.232. The summed E-state index contributed by atoms with van der Waals surface area (Å²) in [4.78, 5) is 45.4. The van der Waals surface area contributed by atoms with Crippen molar-refractivity contribution in [2.24, 2.45) is 0 Å². The Hall–Kier alpha value is -3.21. The monoisotopic (exact) mass is 609 g/mol. The smallest absolute Gasteiger partial charge is 0.325 e. The number of nitrogens with one attached hydrogen (secondary N) is 2. The lowest BCUT2D eigenvalue weighted by Gasteiger charge is -2.34. The Morgan fingerprint density at radius 2 is 1.69 bits per heavy atom. The van der Waals surface area contributed by atoms with Gasteiger partial charge < -0.3 is 15.5 Å². The fraction of sp³-hybridized carbons (Fsp3) is 0.345. The van der Waals surface area contributed by atoms with Gasteiger partial charge in [-0.1, -0.05) is 52.3 Å². The number of nitrogens with zero attached hydrogens (tertiary/aromatic N) is 3. The van der Waals surface area contributed by atoms with Crippen LogP contribution in [-0.2, 0) is 24.4 Å². The number of benzene rings is 2. The minimum Gasteiger partial charge on any atom is -0.334 e. The number of urea groups is 2. The second-order valence-corrected chi connectivity index (χ2v) is 12.5. The summed E-state index contributed by atoms with van der Waals surface area (Å²) in [5.41, 5.74) is 2.16. The molecule has 0 aliphatic carbocycles. The zero-order valence-electron chi connectivity index (χ0n) is 22.1. The van der Waals surface area contributed by atoms with Crippen LogP contribution in [0.2, 0.25) is 0 Å². The van der Waals surface area contributed by atoms with Gasteiger partial charge in [0.15, 0.2) is 0 Å². The van der Waals surface area contributed by atoms with Gasteiger partial charge in [-0.3, -0.25) is 14.6 Å². The van der Waals surface area contributed by atoms with Crippen LogP contribution in [0.5, 0.6) is 0 Å². The minimum absolute atomic E-state index is 0.0617. The topological polar surface area (TPSA) is 85.0 Å². The van der Waals surface area contributed by atoms with Crippen LogP contribution in [0.15, 0.2) is 65.1 Å². The van der Waals surface area contributed by atoms with Crippen molar-refractivity contribution < 1.29 is 14.4 Å². The molecule has 1 aromatic heterocycles. The summed E-state index contributed by atoms with van der Waals surface area (Å²) < 4.78 is 1.08. The number of hydrogen-bond donors (Lipinski definition) is 2. The van der Waals surface area contributed by atoms with E-state index in [2.05, 4.69) is 61.8 Å². The van der Waals surface area contributed by atoms with Crippen LogP contribution in [-0.4, -0.2) is 64.4 Å². The molecule has 0 atom stereocenters. The van der Waals surface area contributed by atoms with Gasteiger partial charge in [0, 0.05) is 53.5 Å². The largest absolute Gasteiger partial charge is 0.334 e. The van der Waals surface area contributed by atoms with Crippen LogP contribution in [0.4, 0.5) is 9.59 Å². The Balaban J connectivity index is 1.05. The zero-order valence-corrected chi connectivity index (χ0v) is 24.5. The van der Waals surface area contributed by atoms with Crippen LogP contribution >= 0.6 is 27.3 Å². The van der Waals surface area contributed by atoms with Crippen molar-refractivity contribution in [3.05, 3.63) is 81.1 Å².